The van der Waals surface area contributed by atoms with Gasteiger partial charge in [-0.2, -0.15) is 0 Å². The number of nitrogens with zero attached hydrogens (tertiary/aromatic N) is 1. The number of carboxylic acids is 1. The second-order valence-electron chi connectivity index (χ2n) is 4.19. The Bertz CT molecular complexity index is 723. The summed E-state index contributed by atoms with van der Waals surface area (Å²) in [4.78, 5) is 17.4. The summed E-state index contributed by atoms with van der Waals surface area (Å²) in [5, 5.41) is 8.92. The minimum Gasteiger partial charge on any atom is -0.478 e. The van der Waals surface area contributed by atoms with Gasteiger partial charge in [-0.1, -0.05) is 6.07 Å². The molecule has 0 unspecified atom stereocenters. The molecule has 0 amide bonds. The molecule has 1 aromatic carbocycles. The maximum absolute atomic E-state index is 12.2. The molecule has 0 saturated carbocycles. The van der Waals surface area contributed by atoms with Gasteiger partial charge in [0.05, 0.1) is 23.3 Å². The SMILES string of the molecule is Cc1ccc(C(=O)O)cc1S(=O)(=O)NCc1cnc[nH]1. The molecule has 1 heterocycles. The zero-order valence-electron chi connectivity index (χ0n) is 10.6. The number of hydrogen-bond donors (Lipinski definition) is 3. The van der Waals surface area contributed by atoms with Crippen LogP contribution in [-0.4, -0.2) is 29.5 Å². The van der Waals surface area contributed by atoms with Crippen LogP contribution in [0.4, 0.5) is 0 Å². The molecule has 3 N–H and O–H groups in total. The molecule has 2 rings (SSSR count). The van der Waals surface area contributed by atoms with Crippen LogP contribution in [0, 0.1) is 6.92 Å². The van der Waals surface area contributed by atoms with Crippen LogP contribution in [0.3, 0.4) is 0 Å². The van der Waals surface area contributed by atoms with Crippen LogP contribution in [0.1, 0.15) is 21.6 Å². The minimum atomic E-state index is -3.78. The first-order valence-electron chi connectivity index (χ1n) is 5.71. The van der Waals surface area contributed by atoms with E-state index in [1.165, 1.54) is 24.7 Å². The van der Waals surface area contributed by atoms with Crippen molar-refractivity contribution in [1.29, 1.82) is 0 Å². The molecule has 20 heavy (non-hydrogen) atoms. The molecule has 0 radical (unpaired) electrons. The first-order chi connectivity index (χ1) is 9.40. The van der Waals surface area contributed by atoms with Gasteiger partial charge in [0.2, 0.25) is 10.0 Å². The van der Waals surface area contributed by atoms with E-state index in [2.05, 4.69) is 14.7 Å². The lowest BCUT2D eigenvalue weighted by Gasteiger charge is -2.09. The van der Waals surface area contributed by atoms with Crippen molar-refractivity contribution >= 4 is 16.0 Å². The van der Waals surface area contributed by atoms with Crippen LogP contribution in [-0.2, 0) is 16.6 Å². The Kier molecular flexibility index (Phi) is 3.86. The second kappa shape index (κ2) is 5.43. The fraction of sp³-hybridized carbons (Fsp3) is 0.167. The van der Waals surface area contributed by atoms with E-state index in [9.17, 15) is 13.2 Å². The fourth-order valence-corrected chi connectivity index (χ4v) is 2.93. The topological polar surface area (TPSA) is 112 Å². The molecular weight excluding hydrogens is 282 g/mol. The first kappa shape index (κ1) is 14.2. The van der Waals surface area contributed by atoms with Crippen molar-refractivity contribution in [3.8, 4) is 0 Å². The van der Waals surface area contributed by atoms with E-state index < -0.39 is 16.0 Å². The first-order valence-corrected chi connectivity index (χ1v) is 7.19. The molecule has 0 bridgehead atoms. The number of benzene rings is 1. The average molecular weight is 295 g/mol. The van der Waals surface area contributed by atoms with Crippen molar-refractivity contribution in [2.45, 2.75) is 18.4 Å². The lowest BCUT2D eigenvalue weighted by Crippen LogP contribution is -2.24. The summed E-state index contributed by atoms with van der Waals surface area (Å²) in [5.41, 5.74) is 1.02. The van der Waals surface area contributed by atoms with Crippen molar-refractivity contribution in [3.05, 3.63) is 47.5 Å². The third-order valence-electron chi connectivity index (χ3n) is 2.73. The van der Waals surface area contributed by atoms with Gasteiger partial charge in [0.15, 0.2) is 0 Å². The maximum Gasteiger partial charge on any atom is 0.335 e. The van der Waals surface area contributed by atoms with E-state index >= 15 is 0 Å². The Morgan fingerprint density at radius 1 is 1.45 bits per heavy atom. The average Bonchev–Trinajstić information content (AvgIpc) is 2.89. The van der Waals surface area contributed by atoms with E-state index in [0.29, 0.717) is 11.3 Å². The normalized spacial score (nSPS) is 11.4. The highest BCUT2D eigenvalue weighted by molar-refractivity contribution is 7.89. The van der Waals surface area contributed by atoms with Gasteiger partial charge in [-0.3, -0.25) is 0 Å². The van der Waals surface area contributed by atoms with Gasteiger partial charge in [-0.15, -0.1) is 0 Å². The summed E-state index contributed by atoms with van der Waals surface area (Å²) in [5.74, 6) is -1.17. The van der Waals surface area contributed by atoms with Crippen molar-refractivity contribution in [1.82, 2.24) is 14.7 Å². The van der Waals surface area contributed by atoms with Crippen LogP contribution in [0.2, 0.25) is 0 Å². The monoisotopic (exact) mass is 295 g/mol. The summed E-state index contributed by atoms with van der Waals surface area (Å²) < 4.78 is 26.8. The summed E-state index contributed by atoms with van der Waals surface area (Å²) in [6, 6.07) is 3.98. The van der Waals surface area contributed by atoms with Gasteiger partial charge in [-0.25, -0.2) is 22.9 Å². The number of aromatic carboxylic acids is 1. The molecule has 8 heteroatoms. The van der Waals surface area contributed by atoms with Crippen LogP contribution < -0.4 is 4.72 Å². The third kappa shape index (κ3) is 3.03. The number of aromatic nitrogens is 2. The molecule has 0 fully saturated rings. The Hall–Kier alpha value is -2.19. The van der Waals surface area contributed by atoms with Gasteiger partial charge in [0, 0.05) is 11.9 Å². The highest BCUT2D eigenvalue weighted by atomic mass is 32.2. The zero-order valence-corrected chi connectivity index (χ0v) is 11.4. The number of aryl methyl sites for hydroxylation is 1. The Labute approximate surface area is 115 Å². The molecule has 1 aromatic heterocycles. The molecule has 0 spiro atoms. The number of carboxylic acid groups (broad SMARTS) is 1. The van der Waals surface area contributed by atoms with Crippen LogP contribution in [0.5, 0.6) is 0 Å². The molecule has 2 aromatic rings. The maximum atomic E-state index is 12.2. The number of H-pyrrole nitrogens is 1. The summed E-state index contributed by atoms with van der Waals surface area (Å²) in [6.07, 6.45) is 2.95. The molecular formula is C12H13N3O4S. The fourth-order valence-electron chi connectivity index (χ4n) is 1.65. The number of aromatic amines is 1. The quantitative estimate of drug-likeness (QED) is 0.758. The van der Waals surface area contributed by atoms with Crippen molar-refractivity contribution in [2.75, 3.05) is 0 Å². The van der Waals surface area contributed by atoms with Gasteiger partial charge < -0.3 is 10.1 Å². The summed E-state index contributed by atoms with van der Waals surface area (Å²) in [7, 11) is -3.78. The second-order valence-corrected chi connectivity index (χ2v) is 5.92. The van der Waals surface area contributed by atoms with Gasteiger partial charge in [-0.05, 0) is 24.6 Å². The van der Waals surface area contributed by atoms with Gasteiger partial charge >= 0.3 is 5.97 Å². The number of rotatable bonds is 5. The Balaban J connectivity index is 2.28. The number of carbonyl (C=O) groups is 1. The molecule has 106 valence electrons. The minimum absolute atomic E-state index is 0.0445. The summed E-state index contributed by atoms with van der Waals surface area (Å²) >= 11 is 0. The third-order valence-corrected chi connectivity index (χ3v) is 4.28. The van der Waals surface area contributed by atoms with Crippen LogP contribution >= 0.6 is 0 Å². The molecule has 0 aliphatic heterocycles. The molecule has 0 atom stereocenters. The van der Waals surface area contributed by atoms with Crippen molar-refractivity contribution < 1.29 is 18.3 Å². The number of sulfonamides is 1. The highest BCUT2D eigenvalue weighted by Gasteiger charge is 2.18. The Morgan fingerprint density at radius 2 is 2.20 bits per heavy atom. The number of nitrogens with one attached hydrogen (secondary N) is 2. The lowest BCUT2D eigenvalue weighted by atomic mass is 10.1. The lowest BCUT2D eigenvalue weighted by molar-refractivity contribution is 0.0696. The predicted octanol–water partition coefficient (Wildman–Crippen LogP) is 0.895. The number of hydrogen-bond acceptors (Lipinski definition) is 4. The standard InChI is InChI=1S/C12H13N3O4S/c1-8-2-3-9(12(16)17)4-11(8)20(18,19)15-6-10-5-13-7-14-10/h2-5,7,15H,6H2,1H3,(H,13,14)(H,16,17). The van der Waals surface area contributed by atoms with E-state index in [1.54, 1.807) is 6.92 Å². The Morgan fingerprint density at radius 3 is 2.80 bits per heavy atom. The van der Waals surface area contributed by atoms with E-state index in [-0.39, 0.29) is 17.0 Å². The zero-order chi connectivity index (χ0) is 14.8. The smallest absolute Gasteiger partial charge is 0.335 e. The highest BCUT2D eigenvalue weighted by Crippen LogP contribution is 2.17. The van der Waals surface area contributed by atoms with E-state index in [0.717, 1.165) is 6.07 Å². The molecule has 0 aliphatic rings. The number of imidazole rings is 1. The van der Waals surface area contributed by atoms with E-state index in [4.69, 9.17) is 5.11 Å². The van der Waals surface area contributed by atoms with Crippen LogP contribution in [0.25, 0.3) is 0 Å². The summed E-state index contributed by atoms with van der Waals surface area (Å²) in [6.45, 7) is 1.66. The predicted molar refractivity (Wildman–Crippen MR) is 70.8 cm³/mol. The molecule has 0 saturated heterocycles. The van der Waals surface area contributed by atoms with E-state index in [1.807, 2.05) is 0 Å². The largest absolute Gasteiger partial charge is 0.478 e. The van der Waals surface area contributed by atoms with Crippen molar-refractivity contribution in [2.24, 2.45) is 0 Å². The van der Waals surface area contributed by atoms with Crippen LogP contribution in [0.15, 0.2) is 35.6 Å². The van der Waals surface area contributed by atoms with Gasteiger partial charge in [0.25, 0.3) is 0 Å². The molecule has 7 nitrogen and oxygen atoms in total. The van der Waals surface area contributed by atoms with Gasteiger partial charge in [0.1, 0.15) is 0 Å². The van der Waals surface area contributed by atoms with Crippen molar-refractivity contribution in [3.63, 3.8) is 0 Å². The molecule has 0 aliphatic carbocycles.